The van der Waals surface area contributed by atoms with Crippen LogP contribution in [0.15, 0.2) is 189 Å². The normalized spacial score (nSPS) is 10.7. The molecule has 0 radical (unpaired) electrons. The van der Waals surface area contributed by atoms with E-state index in [1.165, 1.54) is 0 Å². The second kappa shape index (κ2) is 18.2. The number of anilines is 8. The Morgan fingerprint density at radius 3 is 1.76 bits per heavy atom. The van der Waals surface area contributed by atoms with Gasteiger partial charge in [-0.2, -0.15) is 0 Å². The second-order valence-corrected chi connectivity index (χ2v) is 14.5. The van der Waals surface area contributed by atoms with Crippen LogP contribution in [0.25, 0.3) is 22.2 Å². The molecule has 0 fully saturated rings. The maximum absolute atomic E-state index is 13.2. The van der Waals surface area contributed by atoms with E-state index in [0.717, 1.165) is 61.8 Å². The molecule has 9 aromatic rings. The van der Waals surface area contributed by atoms with Crippen LogP contribution in [-0.2, 0) is 0 Å². The maximum atomic E-state index is 13.2. The highest BCUT2D eigenvalue weighted by Gasteiger charge is 2.13. The van der Waals surface area contributed by atoms with Crippen molar-refractivity contribution in [2.45, 2.75) is 6.92 Å². The summed E-state index contributed by atoms with van der Waals surface area (Å²) >= 11 is 0. The molecule has 9 rings (SSSR count). The summed E-state index contributed by atoms with van der Waals surface area (Å²) in [6.07, 6.45) is 10.4. The predicted octanol–water partition coefficient (Wildman–Crippen LogP) is 11.9. The van der Waals surface area contributed by atoms with E-state index in [4.69, 9.17) is 14.7 Å². The van der Waals surface area contributed by atoms with Crippen molar-refractivity contribution in [1.82, 2.24) is 19.9 Å². The zero-order chi connectivity index (χ0) is 43.0. The highest BCUT2D eigenvalue weighted by atomic mass is 16.5. The van der Waals surface area contributed by atoms with Gasteiger partial charge in [0.2, 0.25) is 0 Å². The van der Waals surface area contributed by atoms with Gasteiger partial charge in [-0.1, -0.05) is 18.2 Å². The van der Waals surface area contributed by atoms with Gasteiger partial charge in [0, 0.05) is 105 Å². The largest absolute Gasteiger partial charge is 0.457 e. The van der Waals surface area contributed by atoms with E-state index in [-0.39, 0.29) is 11.8 Å². The van der Waals surface area contributed by atoms with E-state index in [1.807, 2.05) is 116 Å². The summed E-state index contributed by atoms with van der Waals surface area (Å²) in [5.41, 5.74) is 10.9. The van der Waals surface area contributed by atoms with Gasteiger partial charge in [0.15, 0.2) is 0 Å². The van der Waals surface area contributed by atoms with Gasteiger partial charge >= 0.3 is 0 Å². The van der Waals surface area contributed by atoms with Gasteiger partial charge < -0.3 is 31.3 Å². The lowest BCUT2D eigenvalue weighted by Crippen LogP contribution is -2.11. The molecule has 0 saturated carbocycles. The van der Waals surface area contributed by atoms with Gasteiger partial charge in [-0.3, -0.25) is 29.5 Å². The molecule has 5 aromatic carbocycles. The standard InChI is InChI=1S/C51H39N9O3/c1-33-32-55-47-17-12-36(28-46(47)49(33)58-38-15-10-35(11-16-38)51(62)60-42-6-3-7-45(30-42)63-44-21-25-53-26-22-44)48-31-43(20-27-54-48)57-40-4-2-5-41(29-40)59-50(61)34-8-13-37(14-9-34)56-39-18-23-52-24-19-39/h2-32H,1H3,(H,52,56)(H,54,57)(H,55,58)(H,59,61)(H,60,62). The van der Waals surface area contributed by atoms with Crippen molar-refractivity contribution in [2.24, 2.45) is 0 Å². The molecule has 306 valence electrons. The molecule has 0 spiro atoms. The summed E-state index contributed by atoms with van der Waals surface area (Å²) in [6.45, 7) is 2.01. The third kappa shape index (κ3) is 9.77. The number of carbonyl (C=O) groups is 2. The van der Waals surface area contributed by atoms with Gasteiger partial charge in [-0.25, -0.2) is 0 Å². The number of amides is 2. The molecule has 0 atom stereocenters. The number of benzene rings is 5. The van der Waals surface area contributed by atoms with E-state index in [1.54, 1.807) is 73.4 Å². The summed E-state index contributed by atoms with van der Waals surface area (Å²) in [7, 11) is 0. The van der Waals surface area contributed by atoms with Gasteiger partial charge in [0.1, 0.15) is 11.5 Å². The van der Waals surface area contributed by atoms with Crippen molar-refractivity contribution in [3.05, 3.63) is 206 Å². The lowest BCUT2D eigenvalue weighted by atomic mass is 10.0. The molecule has 0 aliphatic carbocycles. The van der Waals surface area contributed by atoms with E-state index in [2.05, 4.69) is 42.6 Å². The Morgan fingerprint density at radius 1 is 0.476 bits per heavy atom. The first-order chi connectivity index (χ1) is 30.9. The zero-order valence-corrected chi connectivity index (χ0v) is 33.9. The molecule has 12 nitrogen and oxygen atoms in total. The number of nitrogens with zero attached hydrogens (tertiary/aromatic N) is 4. The molecule has 63 heavy (non-hydrogen) atoms. The SMILES string of the molecule is Cc1cnc2ccc(-c3cc(Nc4cccc(NC(=O)c5ccc(Nc6ccncc6)cc5)c4)ccn3)cc2c1Nc1ccc(C(=O)Nc2cccc(Oc3ccncc3)c2)cc1. The minimum Gasteiger partial charge on any atom is -0.457 e. The topological polar surface area (TPSA) is 155 Å². The first-order valence-electron chi connectivity index (χ1n) is 20.1. The number of fused-ring (bicyclic) bond motifs is 1. The van der Waals surface area contributed by atoms with Crippen LogP contribution in [0, 0.1) is 6.92 Å². The van der Waals surface area contributed by atoms with Crippen molar-refractivity contribution < 1.29 is 14.3 Å². The van der Waals surface area contributed by atoms with Crippen LogP contribution in [0.1, 0.15) is 26.3 Å². The molecule has 0 unspecified atom stereocenters. The molecular formula is C51H39N9O3. The van der Waals surface area contributed by atoms with E-state index in [9.17, 15) is 9.59 Å². The average Bonchev–Trinajstić information content (AvgIpc) is 3.31. The Labute approximate surface area is 363 Å². The number of pyridine rings is 4. The monoisotopic (exact) mass is 825 g/mol. The summed E-state index contributed by atoms with van der Waals surface area (Å²) in [5.74, 6) is 0.800. The first-order valence-corrected chi connectivity index (χ1v) is 20.1. The highest BCUT2D eigenvalue weighted by Crippen LogP contribution is 2.33. The average molecular weight is 826 g/mol. The Kier molecular flexibility index (Phi) is 11.4. The van der Waals surface area contributed by atoms with Crippen molar-refractivity contribution in [1.29, 1.82) is 0 Å². The Morgan fingerprint density at radius 2 is 1.05 bits per heavy atom. The molecule has 0 aliphatic heterocycles. The molecule has 2 amide bonds. The number of hydrogen-bond donors (Lipinski definition) is 5. The molecule has 5 N–H and O–H groups in total. The zero-order valence-electron chi connectivity index (χ0n) is 33.9. The number of ether oxygens (including phenoxy) is 1. The number of aromatic nitrogens is 4. The highest BCUT2D eigenvalue weighted by molar-refractivity contribution is 6.05. The van der Waals surface area contributed by atoms with Crippen molar-refractivity contribution in [3.8, 4) is 22.8 Å². The maximum Gasteiger partial charge on any atom is 0.255 e. The first kappa shape index (κ1) is 39.6. The second-order valence-electron chi connectivity index (χ2n) is 14.5. The number of rotatable bonds is 13. The van der Waals surface area contributed by atoms with Gasteiger partial charge in [-0.15, -0.1) is 0 Å². The fraction of sp³-hybridized carbons (Fsp3) is 0.0196. The molecule has 0 aliphatic rings. The van der Waals surface area contributed by atoms with Crippen LogP contribution in [-0.4, -0.2) is 31.8 Å². The van der Waals surface area contributed by atoms with Crippen molar-refractivity contribution >= 4 is 68.2 Å². The Bertz CT molecular complexity index is 3060. The van der Waals surface area contributed by atoms with E-state index in [0.29, 0.717) is 34.0 Å². The van der Waals surface area contributed by atoms with E-state index < -0.39 is 0 Å². The fourth-order valence-electron chi connectivity index (χ4n) is 6.87. The number of nitrogens with one attached hydrogen (secondary N) is 5. The van der Waals surface area contributed by atoms with Crippen LogP contribution < -0.4 is 31.3 Å². The molecule has 0 bridgehead atoms. The molecule has 4 heterocycles. The minimum atomic E-state index is -0.241. The lowest BCUT2D eigenvalue weighted by molar-refractivity contribution is 0.101. The summed E-state index contributed by atoms with van der Waals surface area (Å²) in [6, 6.07) is 46.7. The minimum absolute atomic E-state index is 0.213. The summed E-state index contributed by atoms with van der Waals surface area (Å²) in [5, 5.41) is 17.2. The third-order valence-electron chi connectivity index (χ3n) is 10.0. The smallest absolute Gasteiger partial charge is 0.255 e. The molecule has 4 aromatic heterocycles. The number of aryl methyl sites for hydroxylation is 1. The van der Waals surface area contributed by atoms with Gasteiger partial charge in [-0.05, 0) is 140 Å². The quantitative estimate of drug-likeness (QED) is 0.0758. The summed E-state index contributed by atoms with van der Waals surface area (Å²) in [4.78, 5) is 43.8. The van der Waals surface area contributed by atoms with Gasteiger partial charge in [0.05, 0.1) is 16.9 Å². The molecule has 0 saturated heterocycles. The van der Waals surface area contributed by atoms with Crippen LogP contribution in [0.5, 0.6) is 11.5 Å². The van der Waals surface area contributed by atoms with Crippen LogP contribution >= 0.6 is 0 Å². The van der Waals surface area contributed by atoms with Crippen molar-refractivity contribution in [2.75, 3.05) is 26.6 Å². The summed E-state index contributed by atoms with van der Waals surface area (Å²) < 4.78 is 5.89. The van der Waals surface area contributed by atoms with Crippen molar-refractivity contribution in [3.63, 3.8) is 0 Å². The number of carbonyl (C=O) groups excluding carboxylic acids is 2. The van der Waals surface area contributed by atoms with Crippen LogP contribution in [0.3, 0.4) is 0 Å². The molecular weight excluding hydrogens is 787 g/mol. The third-order valence-corrected chi connectivity index (χ3v) is 10.0. The lowest BCUT2D eigenvalue weighted by Gasteiger charge is -2.15. The van der Waals surface area contributed by atoms with Crippen LogP contribution in [0.4, 0.5) is 45.5 Å². The predicted molar refractivity (Wildman–Crippen MR) is 250 cm³/mol. The van der Waals surface area contributed by atoms with Crippen LogP contribution in [0.2, 0.25) is 0 Å². The number of hydrogen-bond acceptors (Lipinski definition) is 10. The Balaban J connectivity index is 0.858. The van der Waals surface area contributed by atoms with Gasteiger partial charge in [0.25, 0.3) is 11.8 Å². The van der Waals surface area contributed by atoms with E-state index >= 15 is 0 Å². The Hall–Kier alpha value is -8.90. The fourth-order valence-corrected chi connectivity index (χ4v) is 6.87. The molecule has 12 heteroatoms.